The maximum atomic E-state index is 12.4. The molecule has 0 aromatic heterocycles. The molecule has 1 heterocycles. The molecule has 6 heteroatoms. The third-order valence-corrected chi connectivity index (χ3v) is 3.75. The average molecular weight is 334 g/mol. The minimum Gasteiger partial charge on any atom is -0.308 e. The summed E-state index contributed by atoms with van der Waals surface area (Å²) in [6, 6.07) is 14.1. The highest BCUT2D eigenvalue weighted by Crippen LogP contribution is 2.18. The molecule has 2 amide bonds. The lowest BCUT2D eigenvalue weighted by Crippen LogP contribution is -2.38. The molecule has 2 aromatic rings. The second-order valence-corrected chi connectivity index (χ2v) is 5.68. The van der Waals surface area contributed by atoms with Crippen molar-refractivity contribution in [3.05, 3.63) is 64.1 Å². The van der Waals surface area contributed by atoms with E-state index in [1.165, 1.54) is 0 Å². The topological polar surface area (TPSA) is 44.7 Å². The van der Waals surface area contributed by atoms with Gasteiger partial charge in [0.1, 0.15) is 5.84 Å². The van der Waals surface area contributed by atoms with Crippen LogP contribution in [0.5, 0.6) is 0 Å². The van der Waals surface area contributed by atoms with Gasteiger partial charge in [0.05, 0.1) is 6.54 Å². The van der Waals surface area contributed by atoms with Crippen LogP contribution >= 0.6 is 23.2 Å². The van der Waals surface area contributed by atoms with E-state index in [4.69, 9.17) is 23.2 Å². The molecule has 0 saturated carbocycles. The Morgan fingerprint density at radius 3 is 2.59 bits per heavy atom. The zero-order valence-electron chi connectivity index (χ0n) is 11.6. The molecular weight excluding hydrogens is 321 g/mol. The van der Waals surface area contributed by atoms with Crippen molar-refractivity contribution in [1.82, 2.24) is 4.90 Å². The first-order valence-corrected chi connectivity index (χ1v) is 7.53. The van der Waals surface area contributed by atoms with Crippen LogP contribution in [0.3, 0.4) is 0 Å². The molecule has 4 nitrogen and oxygen atoms in total. The second-order valence-electron chi connectivity index (χ2n) is 4.80. The van der Waals surface area contributed by atoms with Gasteiger partial charge in [0.2, 0.25) is 0 Å². The van der Waals surface area contributed by atoms with E-state index >= 15 is 0 Å². The fraction of sp³-hybridized carbons (Fsp3) is 0.125. The summed E-state index contributed by atoms with van der Waals surface area (Å²) in [4.78, 5) is 18.5. The molecule has 0 atom stereocenters. The number of carbonyl (C=O) groups excluding carboxylic acids is 1. The van der Waals surface area contributed by atoms with Crippen LogP contribution < -0.4 is 5.32 Å². The maximum Gasteiger partial charge on any atom is 0.327 e. The summed E-state index contributed by atoms with van der Waals surface area (Å²) in [5, 5.41) is 4.08. The fourth-order valence-corrected chi connectivity index (χ4v) is 2.56. The van der Waals surface area contributed by atoms with Gasteiger partial charge in [-0.1, -0.05) is 35.3 Å². The summed E-state index contributed by atoms with van der Waals surface area (Å²) in [7, 11) is 0. The van der Waals surface area contributed by atoms with Crippen LogP contribution in [0.25, 0.3) is 0 Å². The van der Waals surface area contributed by atoms with Gasteiger partial charge in [0.15, 0.2) is 0 Å². The molecule has 0 unspecified atom stereocenters. The van der Waals surface area contributed by atoms with E-state index < -0.39 is 0 Å². The normalized spacial score (nSPS) is 13.9. The van der Waals surface area contributed by atoms with Gasteiger partial charge in [-0.15, -0.1) is 0 Å². The molecule has 0 spiro atoms. The molecule has 112 valence electrons. The molecule has 0 aliphatic carbocycles. The number of anilines is 1. The van der Waals surface area contributed by atoms with Crippen LogP contribution in [-0.2, 0) is 0 Å². The van der Waals surface area contributed by atoms with Gasteiger partial charge in [-0.3, -0.25) is 9.89 Å². The van der Waals surface area contributed by atoms with Gasteiger partial charge in [0.25, 0.3) is 0 Å². The van der Waals surface area contributed by atoms with Gasteiger partial charge in [0, 0.05) is 27.8 Å². The number of carbonyl (C=O) groups is 1. The Hall–Kier alpha value is -2.04. The zero-order chi connectivity index (χ0) is 15.5. The van der Waals surface area contributed by atoms with Crippen molar-refractivity contribution in [3.8, 4) is 0 Å². The number of amidine groups is 1. The summed E-state index contributed by atoms with van der Waals surface area (Å²) in [6.45, 7) is 1.12. The summed E-state index contributed by atoms with van der Waals surface area (Å²) < 4.78 is 0. The fourth-order valence-electron chi connectivity index (χ4n) is 2.24. The summed E-state index contributed by atoms with van der Waals surface area (Å²) in [6.07, 6.45) is 0. The predicted molar refractivity (Wildman–Crippen MR) is 90.0 cm³/mol. The number of nitrogens with one attached hydrogen (secondary N) is 1. The molecule has 3 rings (SSSR count). The standard InChI is InChI=1S/C16H13Cl2N3O/c17-12-4-6-14(7-5-12)20-16(22)21-9-8-19-15(21)11-2-1-3-13(18)10-11/h1-7,10H,8-9H2,(H,20,22). The molecule has 0 saturated heterocycles. The number of hydrogen-bond acceptors (Lipinski definition) is 2. The molecule has 0 fully saturated rings. The second kappa shape index (κ2) is 6.38. The van der Waals surface area contributed by atoms with Crippen molar-refractivity contribution in [2.24, 2.45) is 4.99 Å². The first kappa shape index (κ1) is 14.9. The monoisotopic (exact) mass is 333 g/mol. The van der Waals surface area contributed by atoms with Gasteiger partial charge in [-0.2, -0.15) is 0 Å². The zero-order valence-corrected chi connectivity index (χ0v) is 13.1. The number of halogens is 2. The Morgan fingerprint density at radius 2 is 1.86 bits per heavy atom. The van der Waals surface area contributed by atoms with Crippen molar-refractivity contribution in [3.63, 3.8) is 0 Å². The average Bonchev–Trinajstić information content (AvgIpc) is 2.99. The Morgan fingerprint density at radius 1 is 1.09 bits per heavy atom. The van der Waals surface area contributed by atoms with Gasteiger partial charge >= 0.3 is 6.03 Å². The van der Waals surface area contributed by atoms with Crippen molar-refractivity contribution in [2.45, 2.75) is 0 Å². The van der Waals surface area contributed by atoms with E-state index in [2.05, 4.69) is 10.3 Å². The Balaban J connectivity index is 1.77. The molecule has 0 radical (unpaired) electrons. The number of aliphatic imine (C=N–C) groups is 1. The quantitative estimate of drug-likeness (QED) is 0.875. The van der Waals surface area contributed by atoms with Gasteiger partial charge < -0.3 is 5.32 Å². The highest BCUT2D eigenvalue weighted by molar-refractivity contribution is 6.31. The van der Waals surface area contributed by atoms with E-state index in [9.17, 15) is 4.79 Å². The van der Waals surface area contributed by atoms with Crippen LogP contribution in [0, 0.1) is 0 Å². The number of urea groups is 1. The highest BCUT2D eigenvalue weighted by atomic mass is 35.5. The van der Waals surface area contributed by atoms with Crippen molar-refractivity contribution >= 4 is 40.8 Å². The number of benzene rings is 2. The predicted octanol–water partition coefficient (Wildman–Crippen LogP) is 4.29. The molecule has 22 heavy (non-hydrogen) atoms. The van der Waals surface area contributed by atoms with E-state index in [1.54, 1.807) is 41.3 Å². The summed E-state index contributed by atoms with van der Waals surface area (Å²) in [5.41, 5.74) is 1.52. The van der Waals surface area contributed by atoms with Gasteiger partial charge in [-0.25, -0.2) is 4.79 Å². The minimum absolute atomic E-state index is 0.224. The third-order valence-electron chi connectivity index (χ3n) is 3.26. The Kier molecular flexibility index (Phi) is 4.32. The number of nitrogens with zero attached hydrogens (tertiary/aromatic N) is 2. The van der Waals surface area contributed by atoms with Crippen LogP contribution in [0.15, 0.2) is 53.5 Å². The van der Waals surface area contributed by atoms with Crippen molar-refractivity contribution in [1.29, 1.82) is 0 Å². The lowest BCUT2D eigenvalue weighted by atomic mass is 10.2. The van der Waals surface area contributed by atoms with Crippen LogP contribution in [0.4, 0.5) is 10.5 Å². The van der Waals surface area contributed by atoms with Crippen LogP contribution in [-0.4, -0.2) is 29.9 Å². The summed E-state index contributed by atoms with van der Waals surface area (Å²) in [5.74, 6) is 0.633. The van der Waals surface area contributed by atoms with E-state index in [0.717, 1.165) is 5.56 Å². The molecular formula is C16H13Cl2N3O. The molecule has 0 bridgehead atoms. The SMILES string of the molecule is O=C(Nc1ccc(Cl)cc1)N1CCN=C1c1cccc(Cl)c1. The molecule has 1 aliphatic heterocycles. The first-order valence-electron chi connectivity index (χ1n) is 6.78. The van der Waals surface area contributed by atoms with Crippen LogP contribution in [0.2, 0.25) is 10.0 Å². The van der Waals surface area contributed by atoms with E-state index in [-0.39, 0.29) is 6.03 Å². The number of amides is 2. The summed E-state index contributed by atoms with van der Waals surface area (Å²) >= 11 is 11.8. The molecule has 1 N–H and O–H groups in total. The number of hydrogen-bond donors (Lipinski definition) is 1. The number of rotatable bonds is 2. The lowest BCUT2D eigenvalue weighted by molar-refractivity contribution is 0.236. The molecule has 2 aromatic carbocycles. The molecule has 1 aliphatic rings. The van der Waals surface area contributed by atoms with E-state index in [1.807, 2.05) is 12.1 Å². The van der Waals surface area contributed by atoms with E-state index in [0.29, 0.717) is 34.7 Å². The third kappa shape index (κ3) is 3.24. The van der Waals surface area contributed by atoms with Crippen molar-refractivity contribution in [2.75, 3.05) is 18.4 Å². The highest BCUT2D eigenvalue weighted by Gasteiger charge is 2.25. The maximum absolute atomic E-state index is 12.4. The van der Waals surface area contributed by atoms with Crippen LogP contribution in [0.1, 0.15) is 5.56 Å². The smallest absolute Gasteiger partial charge is 0.308 e. The van der Waals surface area contributed by atoms with Crippen molar-refractivity contribution < 1.29 is 4.79 Å². The first-order chi connectivity index (χ1) is 10.6. The Bertz CT molecular complexity index is 728. The largest absolute Gasteiger partial charge is 0.327 e. The van der Waals surface area contributed by atoms with Gasteiger partial charge in [-0.05, 0) is 36.4 Å². The Labute approximate surface area is 138 Å². The minimum atomic E-state index is -0.224. The lowest BCUT2D eigenvalue weighted by Gasteiger charge is -2.19.